The van der Waals surface area contributed by atoms with Crippen molar-refractivity contribution in [3.63, 3.8) is 0 Å². The molecule has 0 saturated carbocycles. The highest BCUT2D eigenvalue weighted by molar-refractivity contribution is 7.17. The molecule has 152 valence electrons. The Labute approximate surface area is 168 Å². The summed E-state index contributed by atoms with van der Waals surface area (Å²) >= 11 is 0.822. The van der Waals surface area contributed by atoms with Crippen molar-refractivity contribution in [2.24, 2.45) is 0 Å². The molecule has 4 atom stereocenters. The second-order valence-corrected chi connectivity index (χ2v) is 7.33. The monoisotopic (exact) mass is 418 g/mol. The minimum atomic E-state index is -1.19. The van der Waals surface area contributed by atoms with Crippen LogP contribution in [0.4, 0.5) is 5.82 Å². The maximum absolute atomic E-state index is 12.7. The second-order valence-electron chi connectivity index (χ2n) is 6.37. The number of methoxy groups -OCH3 is 1. The van der Waals surface area contributed by atoms with Crippen LogP contribution in [-0.2, 0) is 9.47 Å². The molecule has 0 aliphatic carbocycles. The Morgan fingerprint density at radius 2 is 2.10 bits per heavy atom. The van der Waals surface area contributed by atoms with Gasteiger partial charge in [0.05, 0.1) is 6.61 Å². The van der Waals surface area contributed by atoms with E-state index in [-0.39, 0.29) is 24.0 Å². The van der Waals surface area contributed by atoms with Gasteiger partial charge in [0.15, 0.2) is 17.7 Å². The summed E-state index contributed by atoms with van der Waals surface area (Å²) in [7, 11) is 1.39. The summed E-state index contributed by atoms with van der Waals surface area (Å²) in [4.78, 5) is 32.9. The highest BCUT2D eigenvalue weighted by Gasteiger charge is 2.46. The van der Waals surface area contributed by atoms with Crippen LogP contribution in [0.5, 0.6) is 0 Å². The van der Waals surface area contributed by atoms with Crippen LogP contribution < -0.4 is 10.2 Å². The van der Waals surface area contributed by atoms with Crippen molar-refractivity contribution < 1.29 is 24.5 Å². The topological polar surface area (TPSA) is 136 Å². The first-order valence-electron chi connectivity index (χ1n) is 8.74. The molecule has 1 aromatic carbocycles. The molecule has 0 unspecified atom stereocenters. The van der Waals surface area contributed by atoms with Crippen molar-refractivity contribution in [1.29, 1.82) is 0 Å². The minimum Gasteiger partial charge on any atom is -0.394 e. The molecule has 1 aliphatic heterocycles. The fourth-order valence-corrected chi connectivity index (χ4v) is 4.21. The summed E-state index contributed by atoms with van der Waals surface area (Å²) in [6, 6.07) is 8.59. The zero-order chi connectivity index (χ0) is 20.5. The predicted octanol–water partition coefficient (Wildman–Crippen LogP) is 0.371. The minimum absolute atomic E-state index is 0.180. The lowest BCUT2D eigenvalue weighted by molar-refractivity contribution is -0.0542. The molecule has 3 aromatic rings. The predicted molar refractivity (Wildman–Crippen MR) is 104 cm³/mol. The van der Waals surface area contributed by atoms with Gasteiger partial charge in [0, 0.05) is 12.7 Å². The molecule has 11 heteroatoms. The lowest BCUT2D eigenvalue weighted by atomic mass is 10.1. The normalized spacial score (nSPS) is 24.1. The number of hydrogen-bond donors (Lipinski definition) is 3. The first-order valence-corrected chi connectivity index (χ1v) is 9.56. The number of aliphatic hydroxyl groups is 2. The second kappa shape index (κ2) is 7.97. The Hall–Kier alpha value is -2.70. The van der Waals surface area contributed by atoms with Gasteiger partial charge in [0.2, 0.25) is 0 Å². The molecule has 2 aromatic heterocycles. The van der Waals surface area contributed by atoms with Crippen molar-refractivity contribution in [3.05, 3.63) is 51.9 Å². The van der Waals surface area contributed by atoms with Gasteiger partial charge in [-0.2, -0.15) is 0 Å². The zero-order valence-electron chi connectivity index (χ0n) is 15.3. The Balaban J connectivity index is 1.72. The van der Waals surface area contributed by atoms with Gasteiger partial charge in [-0.3, -0.25) is 14.2 Å². The van der Waals surface area contributed by atoms with Crippen LogP contribution in [0.3, 0.4) is 0 Å². The third-order valence-corrected chi connectivity index (χ3v) is 5.63. The van der Waals surface area contributed by atoms with E-state index < -0.39 is 29.4 Å². The van der Waals surface area contributed by atoms with Gasteiger partial charge in [0.25, 0.3) is 5.91 Å². The summed E-state index contributed by atoms with van der Waals surface area (Å²) in [5.74, 6) is -0.200. The molecule has 0 bridgehead atoms. The Bertz CT molecular complexity index is 1080. The molecule has 10 nitrogen and oxygen atoms in total. The molecule has 3 N–H and O–H groups in total. The molecular formula is C18H18N4O6S. The van der Waals surface area contributed by atoms with Crippen LogP contribution in [0.15, 0.2) is 41.5 Å². The van der Waals surface area contributed by atoms with Gasteiger partial charge in [-0.15, -0.1) is 0 Å². The molecule has 1 saturated heterocycles. The van der Waals surface area contributed by atoms with Gasteiger partial charge < -0.3 is 25.0 Å². The van der Waals surface area contributed by atoms with Gasteiger partial charge in [-0.1, -0.05) is 29.5 Å². The van der Waals surface area contributed by atoms with Crippen molar-refractivity contribution >= 4 is 33.4 Å². The lowest BCUT2D eigenvalue weighted by Crippen LogP contribution is -2.36. The molecule has 1 aliphatic rings. The summed E-state index contributed by atoms with van der Waals surface area (Å²) in [5, 5.41) is 22.7. The molecule has 4 rings (SSSR count). The van der Waals surface area contributed by atoms with Gasteiger partial charge >= 0.3 is 4.87 Å². The number of rotatable bonds is 5. The van der Waals surface area contributed by atoms with E-state index in [1.54, 1.807) is 30.3 Å². The SMILES string of the molecule is CO[C@H]1[C@@H](O)[C@H](n2c(=O)sc3c(NC(=O)c4ccccc4)ncnc32)O[C@@H]1CO. The average molecular weight is 418 g/mol. The fraction of sp³-hybridized carbons (Fsp3) is 0.333. The number of thiazole rings is 1. The molecule has 3 heterocycles. The fourth-order valence-electron chi connectivity index (χ4n) is 3.31. The van der Waals surface area contributed by atoms with E-state index in [0.717, 1.165) is 11.3 Å². The number of aromatic nitrogens is 3. The summed E-state index contributed by atoms with van der Waals surface area (Å²) < 4.78 is 12.4. The number of nitrogens with zero attached hydrogens (tertiary/aromatic N) is 3. The number of fused-ring (bicyclic) bond motifs is 1. The van der Waals surface area contributed by atoms with Gasteiger partial charge in [-0.05, 0) is 12.1 Å². The lowest BCUT2D eigenvalue weighted by Gasteiger charge is -2.17. The zero-order valence-corrected chi connectivity index (χ0v) is 16.1. The van der Waals surface area contributed by atoms with E-state index >= 15 is 0 Å². The van der Waals surface area contributed by atoms with Crippen molar-refractivity contribution in [2.75, 3.05) is 19.0 Å². The van der Waals surface area contributed by atoms with Crippen LogP contribution in [0.1, 0.15) is 16.6 Å². The first-order chi connectivity index (χ1) is 14.0. The molecule has 29 heavy (non-hydrogen) atoms. The summed E-state index contributed by atoms with van der Waals surface area (Å²) in [6.45, 7) is -0.379. The Morgan fingerprint density at radius 3 is 2.76 bits per heavy atom. The molecule has 0 spiro atoms. The van der Waals surface area contributed by atoms with Gasteiger partial charge in [0.1, 0.15) is 29.3 Å². The van der Waals surface area contributed by atoms with Crippen LogP contribution >= 0.6 is 11.3 Å². The standard InChI is InChI=1S/C18H18N4O6S/c1-27-12-10(7-23)28-17(11(12)24)22-15-13(29-18(22)26)14(19-8-20-15)21-16(25)9-5-3-2-4-6-9/h2-6,8,10-12,17,23-24H,7H2,1H3,(H,19,20,21,25)/t10-,11-,12-,17-/m1/s1. The number of ether oxygens (including phenoxy) is 2. The number of aliphatic hydroxyl groups excluding tert-OH is 2. The van der Waals surface area contributed by atoms with Crippen molar-refractivity contribution in [3.8, 4) is 0 Å². The van der Waals surface area contributed by atoms with E-state index in [9.17, 15) is 19.8 Å². The van der Waals surface area contributed by atoms with E-state index in [0.29, 0.717) is 10.3 Å². The maximum atomic E-state index is 12.7. The van der Waals surface area contributed by atoms with Crippen molar-refractivity contribution in [1.82, 2.24) is 14.5 Å². The Kier molecular flexibility index (Phi) is 5.39. The van der Waals surface area contributed by atoms with E-state index in [2.05, 4.69) is 15.3 Å². The quantitative estimate of drug-likeness (QED) is 0.541. The largest absolute Gasteiger partial charge is 0.394 e. The number of nitrogens with one attached hydrogen (secondary N) is 1. The highest BCUT2D eigenvalue weighted by Crippen LogP contribution is 2.34. The number of anilines is 1. The van der Waals surface area contributed by atoms with Crippen LogP contribution in [0.25, 0.3) is 10.3 Å². The van der Waals surface area contributed by atoms with Crippen LogP contribution in [-0.4, -0.2) is 62.7 Å². The number of carbonyl (C=O) groups excluding carboxylic acids is 1. The number of carbonyl (C=O) groups is 1. The number of hydrogen-bond acceptors (Lipinski definition) is 9. The van der Waals surface area contributed by atoms with Crippen LogP contribution in [0, 0.1) is 0 Å². The van der Waals surface area contributed by atoms with Crippen LogP contribution in [0.2, 0.25) is 0 Å². The van der Waals surface area contributed by atoms with E-state index in [4.69, 9.17) is 9.47 Å². The van der Waals surface area contributed by atoms with Crippen molar-refractivity contribution in [2.45, 2.75) is 24.5 Å². The molecular weight excluding hydrogens is 400 g/mol. The summed E-state index contributed by atoms with van der Waals surface area (Å²) in [5.41, 5.74) is 0.644. The molecule has 1 amide bonds. The highest BCUT2D eigenvalue weighted by atomic mass is 32.1. The summed E-state index contributed by atoms with van der Waals surface area (Å²) in [6.07, 6.45) is -2.66. The number of amides is 1. The number of benzene rings is 1. The molecule has 1 fully saturated rings. The maximum Gasteiger partial charge on any atom is 0.311 e. The van der Waals surface area contributed by atoms with Gasteiger partial charge in [-0.25, -0.2) is 9.97 Å². The third kappa shape index (κ3) is 3.43. The Morgan fingerprint density at radius 1 is 1.34 bits per heavy atom. The smallest absolute Gasteiger partial charge is 0.311 e. The van der Waals surface area contributed by atoms with E-state index in [1.807, 2.05) is 0 Å². The molecule has 0 radical (unpaired) electrons. The average Bonchev–Trinajstić information content (AvgIpc) is 3.24. The first kappa shape index (κ1) is 19.6. The third-order valence-electron chi connectivity index (χ3n) is 4.68. The van der Waals surface area contributed by atoms with E-state index in [1.165, 1.54) is 18.0 Å².